The molecule has 162 valence electrons. The van der Waals surface area contributed by atoms with Crippen molar-refractivity contribution < 1.29 is 4.79 Å². The maximum atomic E-state index is 12.1. The maximum absolute atomic E-state index is 12.1. The highest BCUT2D eigenvalue weighted by Gasteiger charge is 2.25. The van der Waals surface area contributed by atoms with Crippen molar-refractivity contribution in [1.29, 1.82) is 0 Å². The molecule has 1 atom stereocenters. The molecular formula is C23H39N5O. The number of aliphatic imine (C=N–C) groups is 1. The summed E-state index contributed by atoms with van der Waals surface area (Å²) >= 11 is 0. The summed E-state index contributed by atoms with van der Waals surface area (Å²) in [7, 11) is 1.80. The van der Waals surface area contributed by atoms with Crippen molar-refractivity contribution in [2.24, 2.45) is 10.9 Å². The third-order valence-corrected chi connectivity index (χ3v) is 5.74. The van der Waals surface area contributed by atoms with Gasteiger partial charge in [-0.05, 0) is 69.9 Å². The molecular weight excluding hydrogens is 362 g/mol. The molecule has 0 spiro atoms. The Balaban J connectivity index is 1.75. The maximum Gasteiger partial charge on any atom is 0.227 e. The Kier molecular flexibility index (Phi) is 9.98. The van der Waals surface area contributed by atoms with Gasteiger partial charge in [0.25, 0.3) is 0 Å². The minimum absolute atomic E-state index is 0.150. The summed E-state index contributed by atoms with van der Waals surface area (Å²) in [5.74, 6) is 1.16. The summed E-state index contributed by atoms with van der Waals surface area (Å²) in [5, 5.41) is 9.90. The lowest BCUT2D eigenvalue weighted by Gasteiger charge is -2.24. The first kappa shape index (κ1) is 23.2. The zero-order valence-corrected chi connectivity index (χ0v) is 18.6. The van der Waals surface area contributed by atoms with E-state index in [0.29, 0.717) is 12.6 Å². The van der Waals surface area contributed by atoms with Crippen molar-refractivity contribution in [3.63, 3.8) is 0 Å². The number of hydrogen-bond acceptors (Lipinski definition) is 3. The minimum atomic E-state index is 0.150. The van der Waals surface area contributed by atoms with Crippen LogP contribution in [0.15, 0.2) is 29.3 Å². The number of amides is 1. The number of hydrogen-bond donors (Lipinski definition) is 3. The molecule has 1 aliphatic rings. The van der Waals surface area contributed by atoms with E-state index >= 15 is 0 Å². The fourth-order valence-corrected chi connectivity index (χ4v) is 3.52. The number of guanidine groups is 1. The van der Waals surface area contributed by atoms with E-state index < -0.39 is 0 Å². The molecule has 0 radical (unpaired) electrons. The lowest BCUT2D eigenvalue weighted by atomic mass is 9.85. The number of carbonyl (C=O) groups excluding carboxylic acids is 1. The Hall–Kier alpha value is -2.08. The summed E-state index contributed by atoms with van der Waals surface area (Å²) in [6.45, 7) is 10.7. The first-order valence-electron chi connectivity index (χ1n) is 11.1. The van der Waals surface area contributed by atoms with Gasteiger partial charge in [0.1, 0.15) is 0 Å². The van der Waals surface area contributed by atoms with Crippen LogP contribution in [0.1, 0.15) is 58.4 Å². The Morgan fingerprint density at radius 2 is 2.03 bits per heavy atom. The first-order valence-corrected chi connectivity index (χ1v) is 11.1. The fourth-order valence-electron chi connectivity index (χ4n) is 3.52. The molecule has 6 nitrogen and oxygen atoms in total. The number of carbonyl (C=O) groups is 1. The van der Waals surface area contributed by atoms with Crippen LogP contribution in [-0.2, 0) is 11.3 Å². The van der Waals surface area contributed by atoms with Gasteiger partial charge in [0.15, 0.2) is 5.96 Å². The van der Waals surface area contributed by atoms with Gasteiger partial charge < -0.3 is 20.9 Å². The molecule has 1 unspecified atom stereocenters. The largest absolute Gasteiger partial charge is 0.354 e. The van der Waals surface area contributed by atoms with Gasteiger partial charge in [-0.1, -0.05) is 32.4 Å². The first-order chi connectivity index (χ1) is 14.0. The zero-order valence-electron chi connectivity index (χ0n) is 18.6. The molecule has 0 aromatic heterocycles. The number of anilines is 1. The summed E-state index contributed by atoms with van der Waals surface area (Å²) in [6.07, 6.45) is 5.49. The summed E-state index contributed by atoms with van der Waals surface area (Å²) in [6, 6.07) is 8.40. The SMILES string of the molecule is CCN(CC)CCCC(C)NC(=NC)NCc1cccc(NC(=O)C2CCC2)c1. The molecule has 1 amide bonds. The van der Waals surface area contributed by atoms with Crippen molar-refractivity contribution in [3.05, 3.63) is 29.8 Å². The van der Waals surface area contributed by atoms with Gasteiger partial charge in [-0.15, -0.1) is 0 Å². The van der Waals surface area contributed by atoms with Crippen molar-refractivity contribution >= 4 is 17.6 Å². The van der Waals surface area contributed by atoms with Crippen LogP contribution in [0.4, 0.5) is 5.69 Å². The van der Waals surface area contributed by atoms with Gasteiger partial charge in [-0.3, -0.25) is 9.79 Å². The number of nitrogens with zero attached hydrogens (tertiary/aromatic N) is 2. The van der Waals surface area contributed by atoms with E-state index in [1.807, 2.05) is 18.2 Å². The van der Waals surface area contributed by atoms with Crippen LogP contribution in [0.3, 0.4) is 0 Å². The smallest absolute Gasteiger partial charge is 0.227 e. The zero-order chi connectivity index (χ0) is 21.1. The molecule has 1 saturated carbocycles. The molecule has 0 aliphatic heterocycles. The lowest BCUT2D eigenvalue weighted by Crippen LogP contribution is -2.42. The molecule has 2 rings (SSSR count). The van der Waals surface area contributed by atoms with Crippen molar-refractivity contribution in [2.45, 2.75) is 65.5 Å². The summed E-state index contributed by atoms with van der Waals surface area (Å²) in [5.41, 5.74) is 1.99. The fraction of sp³-hybridized carbons (Fsp3) is 0.652. The molecule has 29 heavy (non-hydrogen) atoms. The van der Waals surface area contributed by atoms with E-state index in [9.17, 15) is 4.79 Å². The lowest BCUT2D eigenvalue weighted by molar-refractivity contribution is -0.122. The summed E-state index contributed by atoms with van der Waals surface area (Å²) < 4.78 is 0. The monoisotopic (exact) mass is 401 g/mol. The van der Waals surface area contributed by atoms with Crippen LogP contribution in [0, 0.1) is 5.92 Å². The Labute approximate surface area is 176 Å². The van der Waals surface area contributed by atoms with E-state index in [1.54, 1.807) is 7.05 Å². The highest BCUT2D eigenvalue weighted by molar-refractivity contribution is 5.93. The van der Waals surface area contributed by atoms with E-state index in [0.717, 1.165) is 56.1 Å². The Bertz CT molecular complexity index is 652. The Morgan fingerprint density at radius 3 is 2.66 bits per heavy atom. The van der Waals surface area contributed by atoms with Crippen molar-refractivity contribution in [3.8, 4) is 0 Å². The van der Waals surface area contributed by atoms with Gasteiger partial charge in [0.2, 0.25) is 5.91 Å². The van der Waals surface area contributed by atoms with Crippen LogP contribution in [0.25, 0.3) is 0 Å². The average Bonchev–Trinajstić information content (AvgIpc) is 2.67. The molecule has 0 saturated heterocycles. The second kappa shape index (κ2) is 12.5. The third-order valence-electron chi connectivity index (χ3n) is 5.74. The highest BCUT2D eigenvalue weighted by Crippen LogP contribution is 2.27. The normalized spacial score (nSPS) is 15.7. The number of nitrogens with one attached hydrogen (secondary N) is 3. The summed E-state index contributed by atoms with van der Waals surface area (Å²) in [4.78, 5) is 18.9. The molecule has 0 bridgehead atoms. The van der Waals surface area contributed by atoms with Crippen molar-refractivity contribution in [1.82, 2.24) is 15.5 Å². The van der Waals surface area contributed by atoms with E-state index in [1.165, 1.54) is 12.8 Å². The average molecular weight is 402 g/mol. The number of benzene rings is 1. The van der Waals surface area contributed by atoms with Crippen molar-refractivity contribution in [2.75, 3.05) is 32.0 Å². The van der Waals surface area contributed by atoms with Gasteiger partial charge in [0, 0.05) is 31.2 Å². The van der Waals surface area contributed by atoms with Gasteiger partial charge in [0.05, 0.1) is 0 Å². The molecule has 1 fully saturated rings. The van der Waals surface area contributed by atoms with E-state index in [4.69, 9.17) is 0 Å². The van der Waals surface area contributed by atoms with Crippen LogP contribution in [0.5, 0.6) is 0 Å². The predicted molar refractivity (Wildman–Crippen MR) is 122 cm³/mol. The van der Waals surface area contributed by atoms with Crippen LogP contribution in [0.2, 0.25) is 0 Å². The van der Waals surface area contributed by atoms with Crippen LogP contribution < -0.4 is 16.0 Å². The molecule has 1 aromatic carbocycles. The van der Waals surface area contributed by atoms with E-state index in [-0.39, 0.29) is 11.8 Å². The van der Waals surface area contributed by atoms with Gasteiger partial charge in [-0.2, -0.15) is 0 Å². The highest BCUT2D eigenvalue weighted by atomic mass is 16.1. The second-order valence-electron chi connectivity index (χ2n) is 7.96. The minimum Gasteiger partial charge on any atom is -0.354 e. The molecule has 3 N–H and O–H groups in total. The molecule has 6 heteroatoms. The molecule has 1 aromatic rings. The Morgan fingerprint density at radius 1 is 1.28 bits per heavy atom. The van der Waals surface area contributed by atoms with Gasteiger partial charge >= 0.3 is 0 Å². The second-order valence-corrected chi connectivity index (χ2v) is 7.96. The number of rotatable bonds is 11. The van der Waals surface area contributed by atoms with E-state index in [2.05, 4.69) is 52.7 Å². The quantitative estimate of drug-likeness (QED) is 0.391. The standard InChI is InChI=1S/C23H39N5O/c1-5-28(6-2)15-9-10-18(3)26-23(24-4)25-17-19-11-7-14-21(16-19)27-22(29)20-12-8-13-20/h7,11,14,16,18,20H,5-6,8-10,12-13,15,17H2,1-4H3,(H,27,29)(H2,24,25,26). The predicted octanol–water partition coefficient (Wildman–Crippen LogP) is 3.60. The van der Waals surface area contributed by atoms with Gasteiger partial charge in [-0.25, -0.2) is 0 Å². The third kappa shape index (κ3) is 8.05. The molecule has 0 heterocycles. The van der Waals surface area contributed by atoms with Crippen LogP contribution in [-0.4, -0.2) is 49.5 Å². The molecule has 1 aliphatic carbocycles. The van der Waals surface area contributed by atoms with Crippen LogP contribution >= 0.6 is 0 Å². The topological polar surface area (TPSA) is 68.8 Å².